The maximum Gasteiger partial charge on any atom is 0.422 e. The van der Waals surface area contributed by atoms with Crippen LogP contribution in [0.5, 0.6) is 5.88 Å². The summed E-state index contributed by atoms with van der Waals surface area (Å²) in [5.41, 5.74) is 6.95. The summed E-state index contributed by atoms with van der Waals surface area (Å²) in [5.74, 6) is -0.0571. The molecule has 0 unspecified atom stereocenters. The zero-order valence-corrected chi connectivity index (χ0v) is 8.14. The van der Waals surface area contributed by atoms with Crippen molar-refractivity contribution in [3.8, 4) is 5.88 Å². The molecule has 0 aliphatic heterocycles. The van der Waals surface area contributed by atoms with Gasteiger partial charge in [-0.1, -0.05) is 0 Å². The van der Waals surface area contributed by atoms with Crippen molar-refractivity contribution in [1.29, 1.82) is 0 Å². The van der Waals surface area contributed by atoms with Crippen LogP contribution in [0, 0.1) is 6.92 Å². The molecule has 0 saturated carbocycles. The molecule has 84 valence electrons. The van der Waals surface area contributed by atoms with Crippen molar-refractivity contribution >= 4 is 0 Å². The molecule has 0 atom stereocenters. The Bertz CT molecular complexity index is 339. The third-order valence-electron chi connectivity index (χ3n) is 1.79. The minimum absolute atomic E-state index is 0.0571. The van der Waals surface area contributed by atoms with Crippen LogP contribution in [0.2, 0.25) is 0 Å². The average molecular weight is 220 g/mol. The van der Waals surface area contributed by atoms with E-state index in [1.54, 1.807) is 6.92 Å². The summed E-state index contributed by atoms with van der Waals surface area (Å²) in [7, 11) is 0. The molecule has 3 nitrogen and oxygen atoms in total. The molecule has 15 heavy (non-hydrogen) atoms. The topological polar surface area (TPSA) is 48.1 Å². The molecular weight excluding hydrogens is 209 g/mol. The number of ether oxygens (including phenoxy) is 1. The summed E-state index contributed by atoms with van der Waals surface area (Å²) in [6, 6.07) is 1.42. The zero-order valence-electron chi connectivity index (χ0n) is 8.14. The Hall–Kier alpha value is -1.30. The predicted octanol–water partition coefficient (Wildman–Crippen LogP) is 1.79. The smallest absolute Gasteiger partial charge is 0.422 e. The van der Waals surface area contributed by atoms with E-state index in [0.29, 0.717) is 0 Å². The van der Waals surface area contributed by atoms with Crippen molar-refractivity contribution < 1.29 is 17.9 Å². The van der Waals surface area contributed by atoms with Gasteiger partial charge in [0, 0.05) is 18.8 Å². The van der Waals surface area contributed by atoms with Crippen molar-refractivity contribution in [2.24, 2.45) is 5.73 Å². The minimum atomic E-state index is -4.35. The van der Waals surface area contributed by atoms with Crippen LogP contribution in [-0.4, -0.2) is 17.8 Å². The number of pyridine rings is 1. The summed E-state index contributed by atoms with van der Waals surface area (Å²) < 4.78 is 40.0. The maximum absolute atomic E-state index is 11.8. The Morgan fingerprint density at radius 3 is 2.67 bits per heavy atom. The van der Waals surface area contributed by atoms with Crippen molar-refractivity contribution in [2.45, 2.75) is 19.6 Å². The Morgan fingerprint density at radius 2 is 2.13 bits per heavy atom. The molecule has 6 heteroatoms. The van der Waals surface area contributed by atoms with Gasteiger partial charge in [-0.2, -0.15) is 13.2 Å². The van der Waals surface area contributed by atoms with Crippen molar-refractivity contribution in [2.75, 3.05) is 6.61 Å². The van der Waals surface area contributed by atoms with E-state index in [2.05, 4.69) is 9.72 Å². The molecule has 0 aliphatic rings. The molecule has 1 aromatic heterocycles. The molecule has 1 heterocycles. The largest absolute Gasteiger partial charge is 0.468 e. The van der Waals surface area contributed by atoms with Gasteiger partial charge in [-0.05, 0) is 18.1 Å². The summed E-state index contributed by atoms with van der Waals surface area (Å²) in [5, 5.41) is 0. The van der Waals surface area contributed by atoms with Crippen LogP contribution in [0.4, 0.5) is 13.2 Å². The highest BCUT2D eigenvalue weighted by Gasteiger charge is 2.28. The molecule has 0 aliphatic carbocycles. The van der Waals surface area contributed by atoms with E-state index in [9.17, 15) is 13.2 Å². The average Bonchev–Trinajstić information content (AvgIpc) is 2.15. The van der Waals surface area contributed by atoms with Crippen molar-refractivity contribution in [1.82, 2.24) is 4.98 Å². The molecule has 0 spiro atoms. The summed E-state index contributed by atoms with van der Waals surface area (Å²) in [6.45, 7) is 0.687. The molecule has 0 aromatic carbocycles. The molecule has 1 aromatic rings. The lowest BCUT2D eigenvalue weighted by Crippen LogP contribution is -2.19. The fourth-order valence-corrected chi connectivity index (χ4v) is 0.998. The molecule has 0 saturated heterocycles. The monoisotopic (exact) mass is 220 g/mol. The second-order valence-corrected chi connectivity index (χ2v) is 3.06. The molecule has 0 bridgehead atoms. The van der Waals surface area contributed by atoms with Crippen molar-refractivity contribution in [3.05, 3.63) is 23.4 Å². The van der Waals surface area contributed by atoms with E-state index in [1.807, 2.05) is 0 Å². The number of nitrogens with two attached hydrogens (primary N) is 1. The third kappa shape index (κ3) is 3.75. The number of rotatable bonds is 3. The summed E-state index contributed by atoms with van der Waals surface area (Å²) in [6.07, 6.45) is -2.91. The highest BCUT2D eigenvalue weighted by molar-refractivity contribution is 5.28. The second-order valence-electron chi connectivity index (χ2n) is 3.06. The van der Waals surface area contributed by atoms with E-state index < -0.39 is 12.8 Å². The quantitative estimate of drug-likeness (QED) is 0.844. The highest BCUT2D eigenvalue weighted by Crippen LogP contribution is 2.18. The Morgan fingerprint density at radius 1 is 1.47 bits per heavy atom. The van der Waals surface area contributed by atoms with Gasteiger partial charge in [0.15, 0.2) is 6.61 Å². The number of aromatic nitrogens is 1. The third-order valence-corrected chi connectivity index (χ3v) is 1.79. The van der Waals surface area contributed by atoms with Gasteiger partial charge in [-0.3, -0.25) is 0 Å². The Kier molecular flexibility index (Phi) is 3.52. The molecular formula is C9H11F3N2O. The first-order chi connectivity index (χ1) is 6.92. The van der Waals surface area contributed by atoms with Gasteiger partial charge < -0.3 is 10.5 Å². The number of aryl methyl sites for hydroxylation is 1. The number of halogens is 3. The summed E-state index contributed by atoms with van der Waals surface area (Å²) in [4.78, 5) is 3.71. The molecule has 2 N–H and O–H groups in total. The van der Waals surface area contributed by atoms with Gasteiger partial charge in [0.05, 0.1) is 0 Å². The van der Waals surface area contributed by atoms with E-state index in [-0.39, 0.29) is 12.4 Å². The first-order valence-corrected chi connectivity index (χ1v) is 4.27. The molecule has 0 fully saturated rings. The lowest BCUT2D eigenvalue weighted by Gasteiger charge is -2.09. The van der Waals surface area contributed by atoms with Gasteiger partial charge >= 0.3 is 6.18 Å². The van der Waals surface area contributed by atoms with Gasteiger partial charge in [-0.15, -0.1) is 0 Å². The predicted molar refractivity (Wildman–Crippen MR) is 48.4 cm³/mol. The molecule has 1 rings (SSSR count). The van der Waals surface area contributed by atoms with Gasteiger partial charge in [0.1, 0.15) is 0 Å². The fraction of sp³-hybridized carbons (Fsp3) is 0.444. The first-order valence-electron chi connectivity index (χ1n) is 4.27. The normalized spacial score (nSPS) is 11.5. The van der Waals surface area contributed by atoms with Crippen LogP contribution in [0.3, 0.4) is 0 Å². The van der Waals surface area contributed by atoms with E-state index in [1.165, 1.54) is 12.3 Å². The van der Waals surface area contributed by atoms with Crippen molar-refractivity contribution in [3.63, 3.8) is 0 Å². The van der Waals surface area contributed by atoms with Gasteiger partial charge in [0.2, 0.25) is 5.88 Å². The standard InChI is InChI=1S/C9H11F3N2O/c1-6-4-14-8(2-7(6)3-13)15-5-9(10,11)12/h2,4H,3,5,13H2,1H3. The van der Waals surface area contributed by atoms with E-state index in [0.717, 1.165) is 11.1 Å². The maximum atomic E-state index is 11.8. The van der Waals surface area contributed by atoms with Crippen LogP contribution in [0.1, 0.15) is 11.1 Å². The zero-order chi connectivity index (χ0) is 11.5. The lowest BCUT2D eigenvalue weighted by atomic mass is 10.1. The second kappa shape index (κ2) is 4.48. The van der Waals surface area contributed by atoms with Gasteiger partial charge in [-0.25, -0.2) is 4.98 Å². The van der Waals surface area contributed by atoms with Gasteiger partial charge in [0.25, 0.3) is 0 Å². The highest BCUT2D eigenvalue weighted by atomic mass is 19.4. The molecule has 0 amide bonds. The van der Waals surface area contributed by atoms with Crippen LogP contribution in [0.25, 0.3) is 0 Å². The Balaban J connectivity index is 2.70. The SMILES string of the molecule is Cc1cnc(OCC(F)(F)F)cc1CN. The van der Waals surface area contributed by atoms with Crippen LogP contribution in [0.15, 0.2) is 12.3 Å². The number of hydrogen-bond donors (Lipinski definition) is 1. The number of hydrogen-bond acceptors (Lipinski definition) is 3. The van der Waals surface area contributed by atoms with E-state index >= 15 is 0 Å². The number of nitrogens with zero attached hydrogens (tertiary/aromatic N) is 1. The fourth-order valence-electron chi connectivity index (χ4n) is 0.998. The van der Waals surface area contributed by atoms with E-state index in [4.69, 9.17) is 5.73 Å². The van der Waals surface area contributed by atoms with Crippen LogP contribution in [-0.2, 0) is 6.54 Å². The Labute approximate surface area is 85.1 Å². The minimum Gasteiger partial charge on any atom is -0.468 e. The molecule has 0 radical (unpaired) electrons. The first kappa shape index (κ1) is 11.8. The summed E-state index contributed by atoms with van der Waals surface area (Å²) >= 11 is 0. The number of alkyl halides is 3. The lowest BCUT2D eigenvalue weighted by molar-refractivity contribution is -0.154. The van der Waals surface area contributed by atoms with Crippen LogP contribution < -0.4 is 10.5 Å². The van der Waals surface area contributed by atoms with Crippen LogP contribution >= 0.6 is 0 Å².